The van der Waals surface area contributed by atoms with Crippen LogP contribution in [0.3, 0.4) is 0 Å². The molecule has 3 unspecified atom stereocenters. The SMILES string of the molecule is CCCCCCCCCC(=O)OC[C@H](COP(=O)(O)OC[C@H](O)COP(=O)(O)OC[C@@H](COC(=O)CCCCCCCCCCCCCCCC(C)C)OC(=O)CCCCCCCCCCCCCCCCCCC(C)C)OC(=O)CCCCCCCCCCCCC(C)CC. The van der Waals surface area contributed by atoms with Crippen molar-refractivity contribution in [1.29, 1.82) is 0 Å². The fraction of sp³-hybridized carbons (Fsp3) is 0.948. The first-order valence-corrected chi connectivity index (χ1v) is 42.9. The van der Waals surface area contributed by atoms with E-state index in [1.54, 1.807) is 0 Å². The van der Waals surface area contributed by atoms with Crippen LogP contribution in [0.15, 0.2) is 0 Å². The summed E-state index contributed by atoms with van der Waals surface area (Å²) in [4.78, 5) is 72.7. The Kier molecular flexibility index (Phi) is 66.2. The highest BCUT2D eigenvalue weighted by Crippen LogP contribution is 2.45. The Morgan fingerprint density at radius 2 is 0.531 bits per heavy atom. The van der Waals surface area contributed by atoms with Gasteiger partial charge in [0.25, 0.3) is 0 Å². The van der Waals surface area contributed by atoms with Crippen molar-refractivity contribution in [2.75, 3.05) is 39.6 Å². The molecule has 19 heteroatoms. The largest absolute Gasteiger partial charge is 0.472 e. The van der Waals surface area contributed by atoms with Gasteiger partial charge in [-0.1, -0.05) is 344 Å². The average Bonchev–Trinajstić information content (AvgIpc) is 1.76. The van der Waals surface area contributed by atoms with Gasteiger partial charge in [0.15, 0.2) is 12.2 Å². The Bertz CT molecular complexity index is 1870. The molecule has 0 saturated carbocycles. The third kappa shape index (κ3) is 69.2. The zero-order valence-corrected chi connectivity index (χ0v) is 64.6. The van der Waals surface area contributed by atoms with E-state index in [9.17, 15) is 43.2 Å². The molecule has 0 radical (unpaired) electrons. The van der Waals surface area contributed by atoms with Crippen molar-refractivity contribution >= 4 is 39.5 Å². The normalized spacial score (nSPS) is 14.3. The molecule has 3 N–H and O–H groups in total. The number of esters is 4. The van der Waals surface area contributed by atoms with Crippen LogP contribution in [0.5, 0.6) is 0 Å². The molecule has 0 fully saturated rings. The lowest BCUT2D eigenvalue weighted by molar-refractivity contribution is -0.161. The molecule has 0 aromatic carbocycles. The van der Waals surface area contributed by atoms with Gasteiger partial charge in [0.1, 0.15) is 19.3 Å². The lowest BCUT2D eigenvalue weighted by atomic mass is 9.99. The molecule has 0 heterocycles. The van der Waals surface area contributed by atoms with Crippen molar-refractivity contribution < 1.29 is 80.2 Å². The van der Waals surface area contributed by atoms with Crippen molar-refractivity contribution in [2.24, 2.45) is 17.8 Å². The van der Waals surface area contributed by atoms with Crippen molar-refractivity contribution in [1.82, 2.24) is 0 Å². The summed E-state index contributed by atoms with van der Waals surface area (Å²) in [6, 6.07) is 0. The number of phosphoric ester groups is 2. The van der Waals surface area contributed by atoms with Gasteiger partial charge >= 0.3 is 39.5 Å². The van der Waals surface area contributed by atoms with Crippen molar-refractivity contribution in [2.45, 2.75) is 414 Å². The van der Waals surface area contributed by atoms with E-state index in [0.717, 1.165) is 120 Å². The number of rotatable bonds is 75. The second-order valence-corrected chi connectivity index (χ2v) is 31.8. The number of ether oxygens (including phenoxy) is 4. The fourth-order valence-electron chi connectivity index (χ4n) is 11.7. The second kappa shape index (κ2) is 67.5. The molecule has 0 spiro atoms. The third-order valence-corrected chi connectivity index (χ3v) is 20.1. The quantitative estimate of drug-likeness (QED) is 0.0222. The van der Waals surface area contributed by atoms with Crippen LogP contribution in [0.4, 0.5) is 0 Å². The minimum absolute atomic E-state index is 0.106. The number of aliphatic hydroxyl groups is 1. The van der Waals surface area contributed by atoms with Crippen LogP contribution in [0.2, 0.25) is 0 Å². The Morgan fingerprint density at radius 1 is 0.302 bits per heavy atom. The van der Waals surface area contributed by atoms with E-state index in [4.69, 9.17) is 37.0 Å². The Labute approximate surface area is 588 Å². The summed E-state index contributed by atoms with van der Waals surface area (Å²) >= 11 is 0. The number of unbranched alkanes of at least 4 members (excludes halogenated alkanes) is 42. The molecular weight excluding hydrogens is 1260 g/mol. The molecule has 0 bridgehead atoms. The highest BCUT2D eigenvalue weighted by atomic mass is 31.2. The zero-order chi connectivity index (χ0) is 70.9. The van der Waals surface area contributed by atoms with Crippen LogP contribution in [-0.4, -0.2) is 96.7 Å². The van der Waals surface area contributed by atoms with Gasteiger partial charge in [-0.25, -0.2) is 9.13 Å². The zero-order valence-electron chi connectivity index (χ0n) is 62.8. The van der Waals surface area contributed by atoms with E-state index in [-0.39, 0.29) is 25.7 Å². The van der Waals surface area contributed by atoms with Gasteiger partial charge < -0.3 is 33.8 Å². The number of hydrogen-bond acceptors (Lipinski definition) is 15. The molecule has 96 heavy (non-hydrogen) atoms. The van der Waals surface area contributed by atoms with Gasteiger partial charge in [-0.15, -0.1) is 0 Å². The number of aliphatic hydroxyl groups excluding tert-OH is 1. The molecular formula is C77H150O17P2. The van der Waals surface area contributed by atoms with Gasteiger partial charge in [-0.05, 0) is 43.4 Å². The summed E-state index contributed by atoms with van der Waals surface area (Å²) < 4.78 is 68.5. The second-order valence-electron chi connectivity index (χ2n) is 28.9. The monoisotopic (exact) mass is 1410 g/mol. The maximum Gasteiger partial charge on any atom is 0.472 e. The number of carbonyl (C=O) groups excluding carboxylic acids is 4. The molecule has 0 aromatic heterocycles. The first-order chi connectivity index (χ1) is 46.3. The van der Waals surface area contributed by atoms with Crippen LogP contribution < -0.4 is 0 Å². The Balaban J connectivity index is 5.20. The standard InChI is InChI=1S/C77H150O17P2/c1-8-10-11-12-34-44-51-58-74(79)87-64-72(93-77(82)61-54-47-40-33-27-26-30-37-43-50-57-70(7)9-2)66-91-95(83,84)89-62-71(78)63-90-96(85,86)92-67-73(65-88-75(80)59-52-45-38-31-24-21-17-19-23-29-36-42-49-56-69(5)6)94-76(81)60-53-46-39-32-25-20-16-14-13-15-18-22-28-35-41-48-55-68(3)4/h68-73,78H,8-67H2,1-7H3,(H,83,84)(H,85,86)/t70?,71-,72+,73+/m0/s1. The first-order valence-electron chi connectivity index (χ1n) is 39.9. The minimum atomic E-state index is -4.96. The van der Waals surface area contributed by atoms with Gasteiger partial charge in [0.2, 0.25) is 0 Å². The lowest BCUT2D eigenvalue weighted by Crippen LogP contribution is -2.30. The molecule has 0 aromatic rings. The molecule has 0 aliphatic rings. The highest BCUT2D eigenvalue weighted by Gasteiger charge is 2.30. The molecule has 0 saturated heterocycles. The summed E-state index contributed by atoms with van der Waals surface area (Å²) in [5.41, 5.74) is 0. The minimum Gasteiger partial charge on any atom is -0.462 e. The van der Waals surface area contributed by atoms with Crippen LogP contribution in [0.25, 0.3) is 0 Å². The summed E-state index contributed by atoms with van der Waals surface area (Å²) in [6.45, 7) is 11.9. The van der Waals surface area contributed by atoms with Crippen LogP contribution in [0, 0.1) is 17.8 Å². The van der Waals surface area contributed by atoms with Gasteiger partial charge in [0.05, 0.1) is 26.4 Å². The van der Waals surface area contributed by atoms with Crippen molar-refractivity contribution in [3.8, 4) is 0 Å². The van der Waals surface area contributed by atoms with E-state index < -0.39 is 97.5 Å². The number of hydrogen-bond donors (Lipinski definition) is 3. The summed E-state index contributed by atoms with van der Waals surface area (Å²) in [5, 5.41) is 10.6. The Morgan fingerprint density at radius 3 is 0.792 bits per heavy atom. The molecule has 6 atom stereocenters. The summed E-state index contributed by atoms with van der Waals surface area (Å²) in [7, 11) is -9.91. The highest BCUT2D eigenvalue weighted by molar-refractivity contribution is 7.47. The number of carbonyl (C=O) groups is 4. The maximum atomic E-state index is 13.1. The maximum absolute atomic E-state index is 13.1. The van der Waals surface area contributed by atoms with E-state index in [2.05, 4.69) is 48.5 Å². The molecule has 570 valence electrons. The average molecular weight is 1410 g/mol. The topological polar surface area (TPSA) is 237 Å². The van der Waals surface area contributed by atoms with E-state index >= 15 is 0 Å². The fourth-order valence-corrected chi connectivity index (χ4v) is 13.3. The molecule has 0 aliphatic carbocycles. The molecule has 0 rings (SSSR count). The van der Waals surface area contributed by atoms with E-state index in [1.807, 2.05) is 0 Å². The van der Waals surface area contributed by atoms with Crippen molar-refractivity contribution in [3.63, 3.8) is 0 Å². The van der Waals surface area contributed by atoms with Crippen molar-refractivity contribution in [3.05, 3.63) is 0 Å². The summed E-state index contributed by atoms with van der Waals surface area (Å²) in [5.74, 6) is 0.283. The summed E-state index contributed by atoms with van der Waals surface area (Å²) in [6.07, 6.45) is 54.2. The predicted molar refractivity (Wildman–Crippen MR) is 391 cm³/mol. The number of phosphoric acid groups is 2. The molecule has 17 nitrogen and oxygen atoms in total. The van der Waals surface area contributed by atoms with E-state index in [1.165, 1.54) is 193 Å². The smallest absolute Gasteiger partial charge is 0.462 e. The van der Waals surface area contributed by atoms with E-state index in [0.29, 0.717) is 25.7 Å². The predicted octanol–water partition coefficient (Wildman–Crippen LogP) is 22.6. The van der Waals surface area contributed by atoms with Gasteiger partial charge in [-0.2, -0.15) is 0 Å². The lowest BCUT2D eigenvalue weighted by Gasteiger charge is -2.21. The first kappa shape index (κ1) is 94.1. The van der Waals surface area contributed by atoms with Crippen LogP contribution >= 0.6 is 15.6 Å². The van der Waals surface area contributed by atoms with Crippen LogP contribution in [0.1, 0.15) is 395 Å². The van der Waals surface area contributed by atoms with Crippen LogP contribution in [-0.2, 0) is 65.4 Å². The molecule has 0 amide bonds. The third-order valence-electron chi connectivity index (χ3n) is 18.2. The van der Waals surface area contributed by atoms with Gasteiger partial charge in [-0.3, -0.25) is 37.3 Å². The molecule has 0 aliphatic heterocycles. The van der Waals surface area contributed by atoms with Gasteiger partial charge in [0, 0.05) is 25.7 Å². The Hall–Kier alpha value is -1.94.